The predicted octanol–water partition coefficient (Wildman–Crippen LogP) is 2.91. The Morgan fingerprint density at radius 3 is 2.55 bits per heavy atom. The second kappa shape index (κ2) is 7.54. The lowest BCUT2D eigenvalue weighted by Gasteiger charge is -2.26. The average molecular weight is 319 g/mol. The molecule has 1 unspecified atom stereocenters. The Kier molecular flexibility index (Phi) is 6.64. The van der Waals surface area contributed by atoms with Crippen LogP contribution in [0.4, 0.5) is 0 Å². The summed E-state index contributed by atoms with van der Waals surface area (Å²) >= 11 is 1.30. The van der Waals surface area contributed by atoms with E-state index in [-0.39, 0.29) is 6.04 Å². The third kappa shape index (κ3) is 4.28. The smallest absolute Gasteiger partial charge is 0.252 e. The van der Waals surface area contributed by atoms with Gasteiger partial charge in [0.2, 0.25) is 0 Å². The Balaban J connectivity index is 2.83. The Bertz CT molecular complexity index is 509. The first-order valence-electron chi connectivity index (χ1n) is 7.06. The molecule has 0 aromatic carbocycles. The molecule has 116 valence electrons. The molecule has 1 aromatic heterocycles. The van der Waals surface area contributed by atoms with Crippen LogP contribution in [0, 0.1) is 5.92 Å². The van der Waals surface area contributed by atoms with Crippen LogP contribution < -0.4 is 5.32 Å². The maximum Gasteiger partial charge on any atom is 0.252 e. The van der Waals surface area contributed by atoms with Crippen molar-refractivity contribution in [3.8, 4) is 0 Å². The first-order valence-corrected chi connectivity index (χ1v) is 9.38. The van der Waals surface area contributed by atoms with Crippen molar-refractivity contribution in [1.82, 2.24) is 9.62 Å². The van der Waals surface area contributed by atoms with Gasteiger partial charge >= 0.3 is 0 Å². The summed E-state index contributed by atoms with van der Waals surface area (Å²) in [5.74, 6) is 0.292. The maximum absolute atomic E-state index is 12.5. The van der Waals surface area contributed by atoms with Gasteiger partial charge in [0.1, 0.15) is 4.21 Å². The van der Waals surface area contributed by atoms with Crippen molar-refractivity contribution in [2.45, 2.75) is 50.9 Å². The van der Waals surface area contributed by atoms with E-state index in [1.807, 2.05) is 26.2 Å². The second-order valence-corrected chi connectivity index (χ2v) is 8.59. The molecule has 0 saturated heterocycles. The summed E-state index contributed by atoms with van der Waals surface area (Å²) in [5.41, 5.74) is 1.03. The minimum Gasteiger partial charge on any atom is -0.313 e. The summed E-state index contributed by atoms with van der Waals surface area (Å²) in [6, 6.07) is 1.77. The lowest BCUT2D eigenvalue weighted by Crippen LogP contribution is -2.37. The highest BCUT2D eigenvalue weighted by Gasteiger charge is 2.28. The van der Waals surface area contributed by atoms with E-state index < -0.39 is 10.0 Å². The quantitative estimate of drug-likeness (QED) is 0.750. The molecule has 0 aliphatic rings. The predicted molar refractivity (Wildman–Crippen MR) is 85.6 cm³/mol. The van der Waals surface area contributed by atoms with Crippen molar-refractivity contribution >= 4 is 21.4 Å². The van der Waals surface area contributed by atoms with E-state index >= 15 is 0 Å². The molecule has 6 heteroatoms. The minimum atomic E-state index is -3.37. The average Bonchev–Trinajstić information content (AvgIpc) is 2.86. The van der Waals surface area contributed by atoms with Gasteiger partial charge in [-0.15, -0.1) is 11.3 Å². The highest BCUT2D eigenvalue weighted by molar-refractivity contribution is 7.91. The van der Waals surface area contributed by atoms with Crippen LogP contribution in [0.15, 0.2) is 15.7 Å². The summed E-state index contributed by atoms with van der Waals surface area (Å²) in [7, 11) is -1.71. The van der Waals surface area contributed by atoms with Gasteiger partial charge in [-0.2, -0.15) is 4.31 Å². The number of nitrogens with one attached hydrogen (secondary N) is 1. The Labute approximate surface area is 127 Å². The summed E-state index contributed by atoms with van der Waals surface area (Å²) in [6.45, 7) is 9.79. The number of nitrogens with zero attached hydrogens (tertiary/aromatic N) is 1. The first kappa shape index (κ1) is 17.6. The zero-order valence-electron chi connectivity index (χ0n) is 13.0. The molecule has 20 heavy (non-hydrogen) atoms. The van der Waals surface area contributed by atoms with Crippen LogP contribution in [0.5, 0.6) is 0 Å². The SMILES string of the molecule is CCCNCc1csc(S(=O)(=O)N(C)C(C)C(C)C)c1. The van der Waals surface area contributed by atoms with Crippen molar-refractivity contribution in [1.29, 1.82) is 0 Å². The van der Waals surface area contributed by atoms with Gasteiger partial charge in [-0.05, 0) is 42.8 Å². The summed E-state index contributed by atoms with van der Waals surface area (Å²) < 4.78 is 27.0. The van der Waals surface area contributed by atoms with Crippen molar-refractivity contribution < 1.29 is 8.42 Å². The van der Waals surface area contributed by atoms with Crippen molar-refractivity contribution in [2.75, 3.05) is 13.6 Å². The summed E-state index contributed by atoms with van der Waals surface area (Å²) in [4.78, 5) is 0. The zero-order chi connectivity index (χ0) is 15.3. The Hall–Kier alpha value is -0.430. The lowest BCUT2D eigenvalue weighted by atomic mass is 10.1. The topological polar surface area (TPSA) is 49.4 Å². The fourth-order valence-corrected chi connectivity index (χ4v) is 4.66. The van der Waals surface area contributed by atoms with E-state index in [9.17, 15) is 8.42 Å². The van der Waals surface area contributed by atoms with Crippen LogP contribution in [-0.2, 0) is 16.6 Å². The largest absolute Gasteiger partial charge is 0.313 e. The van der Waals surface area contributed by atoms with Gasteiger partial charge in [-0.1, -0.05) is 20.8 Å². The van der Waals surface area contributed by atoms with Gasteiger partial charge in [-0.3, -0.25) is 0 Å². The molecule has 0 aliphatic carbocycles. The first-order chi connectivity index (χ1) is 9.30. The molecule has 0 amide bonds. The summed E-state index contributed by atoms with van der Waals surface area (Å²) in [5, 5.41) is 5.20. The number of hydrogen-bond acceptors (Lipinski definition) is 4. The molecule has 0 aliphatic heterocycles. The number of thiophene rings is 1. The van der Waals surface area contributed by atoms with Gasteiger partial charge in [0, 0.05) is 19.6 Å². The molecule has 0 bridgehead atoms. The molecular weight excluding hydrogens is 292 g/mol. The third-order valence-corrected chi connectivity index (χ3v) is 6.97. The van der Waals surface area contributed by atoms with Crippen LogP contribution in [-0.4, -0.2) is 32.4 Å². The Morgan fingerprint density at radius 1 is 1.35 bits per heavy atom. The molecule has 0 fully saturated rings. The lowest BCUT2D eigenvalue weighted by molar-refractivity contribution is 0.316. The van der Waals surface area contributed by atoms with E-state index in [2.05, 4.69) is 12.2 Å². The van der Waals surface area contributed by atoms with E-state index in [1.54, 1.807) is 13.1 Å². The van der Waals surface area contributed by atoms with Crippen LogP contribution in [0.1, 0.15) is 39.7 Å². The minimum absolute atomic E-state index is 0.0104. The maximum atomic E-state index is 12.5. The van der Waals surface area contributed by atoms with Gasteiger partial charge in [0.05, 0.1) is 0 Å². The van der Waals surface area contributed by atoms with E-state index in [0.29, 0.717) is 10.1 Å². The van der Waals surface area contributed by atoms with Gasteiger partial charge in [-0.25, -0.2) is 8.42 Å². The normalized spacial score (nSPS) is 14.2. The third-order valence-electron chi connectivity index (χ3n) is 3.56. The number of rotatable bonds is 8. The Morgan fingerprint density at radius 2 is 2.00 bits per heavy atom. The number of hydrogen-bond donors (Lipinski definition) is 1. The van der Waals surface area contributed by atoms with Gasteiger partial charge in [0.25, 0.3) is 10.0 Å². The van der Waals surface area contributed by atoms with Crippen LogP contribution in [0.2, 0.25) is 0 Å². The molecule has 1 heterocycles. The molecular formula is C14H26N2O2S2. The van der Waals surface area contributed by atoms with Crippen LogP contribution in [0.25, 0.3) is 0 Å². The molecule has 0 saturated carbocycles. The summed E-state index contributed by atoms with van der Waals surface area (Å²) in [6.07, 6.45) is 1.07. The van der Waals surface area contributed by atoms with Gasteiger partial charge < -0.3 is 5.32 Å². The van der Waals surface area contributed by atoms with Gasteiger partial charge in [0.15, 0.2) is 0 Å². The zero-order valence-corrected chi connectivity index (χ0v) is 14.6. The number of sulfonamides is 1. The molecule has 1 rings (SSSR count). The van der Waals surface area contributed by atoms with Crippen LogP contribution in [0.3, 0.4) is 0 Å². The fraction of sp³-hybridized carbons (Fsp3) is 0.714. The van der Waals surface area contributed by atoms with Crippen molar-refractivity contribution in [3.05, 3.63) is 17.0 Å². The standard InChI is InChI=1S/C14H26N2O2S2/c1-6-7-15-9-13-8-14(19-10-13)20(17,18)16(5)12(4)11(2)3/h8,10-12,15H,6-7,9H2,1-5H3. The van der Waals surface area contributed by atoms with E-state index in [0.717, 1.165) is 25.1 Å². The van der Waals surface area contributed by atoms with Crippen molar-refractivity contribution in [3.63, 3.8) is 0 Å². The molecule has 1 N–H and O–H groups in total. The van der Waals surface area contributed by atoms with Crippen LogP contribution >= 0.6 is 11.3 Å². The highest BCUT2D eigenvalue weighted by atomic mass is 32.2. The monoisotopic (exact) mass is 318 g/mol. The molecule has 0 radical (unpaired) electrons. The van der Waals surface area contributed by atoms with Crippen molar-refractivity contribution in [2.24, 2.45) is 5.92 Å². The van der Waals surface area contributed by atoms with E-state index in [4.69, 9.17) is 0 Å². The molecule has 0 spiro atoms. The fourth-order valence-electron chi connectivity index (χ4n) is 1.77. The highest BCUT2D eigenvalue weighted by Crippen LogP contribution is 2.25. The molecule has 1 aromatic rings. The molecule has 4 nitrogen and oxygen atoms in total. The van der Waals surface area contributed by atoms with E-state index in [1.165, 1.54) is 15.6 Å². The second-order valence-electron chi connectivity index (χ2n) is 5.46. The molecule has 1 atom stereocenters.